The molecule has 0 saturated carbocycles. The fraction of sp³-hybridized carbons (Fsp3) is 0.773. The van der Waals surface area contributed by atoms with E-state index in [1.54, 1.807) is 0 Å². The average Bonchev–Trinajstić information content (AvgIpc) is 3.08. The number of esters is 5. The lowest BCUT2D eigenvalue weighted by molar-refractivity contribution is -0.359. The van der Waals surface area contributed by atoms with Crippen LogP contribution >= 0.6 is 34.8 Å². The van der Waals surface area contributed by atoms with Gasteiger partial charge in [-0.3, -0.25) is 24.0 Å². The first-order valence-corrected chi connectivity index (χ1v) is 12.8. The van der Waals surface area contributed by atoms with E-state index in [1.165, 1.54) is 0 Å². The molecule has 0 N–H and O–H groups in total. The van der Waals surface area contributed by atoms with E-state index in [9.17, 15) is 24.0 Å². The van der Waals surface area contributed by atoms with Crippen LogP contribution in [0.25, 0.3) is 0 Å². The largest absolute Gasteiger partial charge is 0.463 e. The zero-order chi connectivity index (χ0) is 28.8. The molecule has 2 rings (SSSR count). The molecule has 0 unspecified atom stereocenters. The second-order valence-corrected chi connectivity index (χ2v) is 9.50. The highest BCUT2D eigenvalue weighted by atomic mass is 35.5. The van der Waals surface area contributed by atoms with E-state index in [0.717, 1.165) is 34.6 Å². The van der Waals surface area contributed by atoms with Gasteiger partial charge in [0.25, 0.3) is 0 Å². The molecular weight excluding hydrogens is 579 g/mol. The molecule has 9 atom stereocenters. The number of hydrogen-bond donors (Lipinski definition) is 0. The lowest BCUT2D eigenvalue weighted by Crippen LogP contribution is -2.63. The molecule has 2 saturated heterocycles. The van der Waals surface area contributed by atoms with Gasteiger partial charge < -0.3 is 37.9 Å². The predicted molar refractivity (Wildman–Crippen MR) is 127 cm³/mol. The summed E-state index contributed by atoms with van der Waals surface area (Å²) >= 11 is 18.8. The Balaban J connectivity index is 2.55. The van der Waals surface area contributed by atoms with Crippen molar-refractivity contribution in [1.29, 1.82) is 0 Å². The molecule has 0 aromatic heterocycles. The maximum atomic E-state index is 12.0. The quantitative estimate of drug-likeness (QED) is 0.198. The molecule has 216 valence electrons. The number of carbonyl (C=O) groups excluding carboxylic acids is 5. The summed E-state index contributed by atoms with van der Waals surface area (Å²) < 4.78 is 44.3. The van der Waals surface area contributed by atoms with Crippen LogP contribution in [0.4, 0.5) is 0 Å². The normalized spacial score (nSPS) is 34.6. The monoisotopic (exact) mass is 606 g/mol. The van der Waals surface area contributed by atoms with E-state index < -0.39 is 96.4 Å². The lowest BCUT2D eigenvalue weighted by Gasteiger charge is -2.45. The van der Waals surface area contributed by atoms with Crippen LogP contribution in [0.15, 0.2) is 0 Å². The van der Waals surface area contributed by atoms with Crippen molar-refractivity contribution in [2.24, 2.45) is 0 Å². The van der Waals surface area contributed by atoms with Crippen molar-refractivity contribution in [3.05, 3.63) is 0 Å². The molecule has 2 heterocycles. The summed E-state index contributed by atoms with van der Waals surface area (Å²) in [6.07, 6.45) is -9.38. The van der Waals surface area contributed by atoms with Crippen molar-refractivity contribution in [2.75, 3.05) is 18.4 Å². The minimum absolute atomic E-state index is 0.231. The van der Waals surface area contributed by atoms with Gasteiger partial charge in [-0.05, 0) is 0 Å². The molecule has 2 fully saturated rings. The number of ether oxygens (including phenoxy) is 8. The van der Waals surface area contributed by atoms with Gasteiger partial charge in [-0.25, -0.2) is 0 Å². The molecule has 0 amide bonds. The maximum absolute atomic E-state index is 12.0. The molecule has 0 aromatic carbocycles. The Morgan fingerprint density at radius 3 is 1.74 bits per heavy atom. The fourth-order valence-electron chi connectivity index (χ4n) is 3.99. The van der Waals surface area contributed by atoms with Crippen molar-refractivity contribution < 1.29 is 61.9 Å². The first-order chi connectivity index (χ1) is 17.7. The molecule has 0 bridgehead atoms. The van der Waals surface area contributed by atoms with Gasteiger partial charge in [-0.1, -0.05) is 0 Å². The van der Waals surface area contributed by atoms with E-state index >= 15 is 0 Å². The van der Waals surface area contributed by atoms with Crippen LogP contribution in [0.2, 0.25) is 0 Å². The summed E-state index contributed by atoms with van der Waals surface area (Å²) in [4.78, 5) is 59.0. The average molecular weight is 608 g/mol. The van der Waals surface area contributed by atoms with Gasteiger partial charge in [0.05, 0.1) is 11.8 Å². The van der Waals surface area contributed by atoms with E-state index in [4.69, 9.17) is 72.7 Å². The van der Waals surface area contributed by atoms with Gasteiger partial charge in [0.1, 0.15) is 24.2 Å². The van der Waals surface area contributed by atoms with Crippen molar-refractivity contribution in [3.8, 4) is 0 Å². The summed E-state index contributed by atoms with van der Waals surface area (Å²) in [5.41, 5.74) is 0. The predicted octanol–water partition coefficient (Wildman–Crippen LogP) is 1.20. The Morgan fingerprint density at radius 2 is 1.26 bits per heavy atom. The molecule has 38 heavy (non-hydrogen) atoms. The number of rotatable bonds is 10. The Kier molecular flexibility index (Phi) is 11.9. The highest BCUT2D eigenvalue weighted by molar-refractivity contribution is 6.21. The number of carbonyl (C=O) groups is 5. The number of alkyl halides is 3. The lowest BCUT2D eigenvalue weighted by atomic mass is 10.0. The topological polar surface area (TPSA) is 159 Å². The van der Waals surface area contributed by atoms with Gasteiger partial charge in [-0.2, -0.15) is 0 Å². The van der Waals surface area contributed by atoms with Gasteiger partial charge in [0.15, 0.2) is 24.4 Å². The third kappa shape index (κ3) is 8.06. The molecule has 16 heteroatoms. The Morgan fingerprint density at radius 1 is 0.737 bits per heavy atom. The van der Waals surface area contributed by atoms with E-state index in [0.29, 0.717) is 0 Å². The van der Waals surface area contributed by atoms with E-state index in [-0.39, 0.29) is 5.88 Å². The highest BCUT2D eigenvalue weighted by Gasteiger charge is 2.63. The van der Waals surface area contributed by atoms with Gasteiger partial charge in [-0.15, -0.1) is 34.8 Å². The molecular formula is C22H29Cl3O13. The van der Waals surface area contributed by atoms with Gasteiger partial charge in [0, 0.05) is 34.6 Å². The molecule has 0 aromatic rings. The van der Waals surface area contributed by atoms with Crippen LogP contribution in [0, 0.1) is 0 Å². The standard InChI is InChI=1S/C22H29Cl3O13/c1-9(26)31-7-15-16(25)18(33-11(3)28)19(34-12(4)29)21(36-15)38-22(8-24)20(35-13(5)30)17(32-10(2)27)14(6-23)37-22/h14-21H,6-8H2,1-5H3/t14-,15+,16+,17+,18-,19-,20+,21-,22+/m1/s1. The SMILES string of the molecule is CC(=O)OC[C@@H]1O[C@H](O[C@]2(CCl)O[C@H](CCl)[C@H](OC(C)=O)[C@@H]2OC(C)=O)[C@H](OC(C)=O)[C@H](OC(C)=O)[C@H]1Cl. The summed E-state index contributed by atoms with van der Waals surface area (Å²) in [6, 6.07) is 0. The zero-order valence-electron chi connectivity index (χ0n) is 21.2. The van der Waals surface area contributed by atoms with Gasteiger partial charge >= 0.3 is 29.8 Å². The van der Waals surface area contributed by atoms with Crippen LogP contribution in [-0.4, -0.2) is 102 Å². The molecule has 2 aliphatic heterocycles. The third-order valence-corrected chi connectivity index (χ3v) is 6.53. The highest BCUT2D eigenvalue weighted by Crippen LogP contribution is 2.42. The molecule has 0 spiro atoms. The smallest absolute Gasteiger partial charge is 0.303 e. The van der Waals surface area contributed by atoms with Crippen molar-refractivity contribution in [2.45, 2.75) is 88.7 Å². The first kappa shape index (κ1) is 32.3. The van der Waals surface area contributed by atoms with Crippen LogP contribution in [-0.2, 0) is 61.9 Å². The Labute approximate surface area is 233 Å². The summed E-state index contributed by atoms with van der Waals surface area (Å²) in [5, 5.41) is -1.17. The van der Waals surface area contributed by atoms with Crippen LogP contribution in [0.5, 0.6) is 0 Å². The second-order valence-electron chi connectivity index (χ2n) is 8.42. The van der Waals surface area contributed by atoms with E-state index in [1.807, 2.05) is 0 Å². The summed E-state index contributed by atoms with van der Waals surface area (Å²) in [7, 11) is 0. The molecule has 13 nitrogen and oxygen atoms in total. The van der Waals surface area contributed by atoms with Gasteiger partial charge in [0.2, 0.25) is 12.1 Å². The third-order valence-electron chi connectivity index (χ3n) is 5.32. The zero-order valence-corrected chi connectivity index (χ0v) is 23.4. The van der Waals surface area contributed by atoms with Crippen molar-refractivity contribution >= 4 is 64.6 Å². The minimum atomic E-state index is -2.07. The van der Waals surface area contributed by atoms with E-state index in [2.05, 4.69) is 0 Å². The Hall–Kier alpha value is -1.90. The molecule has 0 aliphatic carbocycles. The first-order valence-electron chi connectivity index (χ1n) is 11.3. The minimum Gasteiger partial charge on any atom is -0.463 e. The van der Waals surface area contributed by atoms with Crippen LogP contribution in [0.3, 0.4) is 0 Å². The van der Waals surface area contributed by atoms with Crippen molar-refractivity contribution in [1.82, 2.24) is 0 Å². The van der Waals surface area contributed by atoms with Crippen LogP contribution in [0.1, 0.15) is 34.6 Å². The molecule has 2 aliphatic rings. The number of halogens is 3. The van der Waals surface area contributed by atoms with Crippen molar-refractivity contribution in [3.63, 3.8) is 0 Å². The Bertz CT molecular complexity index is 902. The van der Waals surface area contributed by atoms with Crippen LogP contribution < -0.4 is 0 Å². The molecule has 0 radical (unpaired) electrons. The summed E-state index contributed by atoms with van der Waals surface area (Å²) in [5.74, 6) is -6.59. The summed E-state index contributed by atoms with van der Waals surface area (Å²) in [6.45, 7) is 5.18. The maximum Gasteiger partial charge on any atom is 0.303 e. The second kappa shape index (κ2) is 13.9. The number of hydrogen-bond acceptors (Lipinski definition) is 13. The fourth-order valence-corrected chi connectivity index (χ4v) is 4.83.